The van der Waals surface area contributed by atoms with Crippen molar-refractivity contribution < 1.29 is 4.74 Å². The van der Waals surface area contributed by atoms with Gasteiger partial charge in [0.25, 0.3) is 0 Å². The van der Waals surface area contributed by atoms with Crippen LogP contribution < -0.4 is 5.32 Å². The first-order valence-corrected chi connectivity index (χ1v) is 8.17. The standard InChI is InChI=1S/C14H22IN3O/c1-3-6-11-13(15)14(16-2)18-12(17-11)9-10-7-4-5-8-19-10/h10H,3-9H2,1-2H3,(H,16,17,18). The molecule has 106 valence electrons. The second-order valence-corrected chi connectivity index (χ2v) is 6.02. The number of nitrogens with one attached hydrogen (secondary N) is 1. The third kappa shape index (κ3) is 4.02. The largest absolute Gasteiger partial charge is 0.378 e. The summed E-state index contributed by atoms with van der Waals surface area (Å²) in [5, 5.41) is 3.17. The summed E-state index contributed by atoms with van der Waals surface area (Å²) in [4.78, 5) is 9.34. The predicted molar refractivity (Wildman–Crippen MR) is 85.6 cm³/mol. The van der Waals surface area contributed by atoms with Crippen molar-refractivity contribution in [3.8, 4) is 0 Å². The van der Waals surface area contributed by atoms with E-state index in [1.807, 2.05) is 7.05 Å². The molecule has 0 amide bonds. The summed E-state index contributed by atoms with van der Waals surface area (Å²) in [7, 11) is 1.92. The number of aromatic nitrogens is 2. The van der Waals surface area contributed by atoms with Crippen LogP contribution >= 0.6 is 22.6 Å². The van der Waals surface area contributed by atoms with Crippen LogP contribution in [0.25, 0.3) is 0 Å². The van der Waals surface area contributed by atoms with Gasteiger partial charge in [0, 0.05) is 20.1 Å². The van der Waals surface area contributed by atoms with Crippen LogP contribution in [0.5, 0.6) is 0 Å². The Morgan fingerprint density at radius 1 is 1.37 bits per heavy atom. The zero-order chi connectivity index (χ0) is 13.7. The van der Waals surface area contributed by atoms with Gasteiger partial charge in [0.1, 0.15) is 11.6 Å². The molecular weight excluding hydrogens is 353 g/mol. The normalized spacial score (nSPS) is 19.4. The second kappa shape index (κ2) is 7.38. The fraction of sp³-hybridized carbons (Fsp3) is 0.714. The number of aryl methyl sites for hydroxylation is 1. The third-order valence-corrected chi connectivity index (χ3v) is 4.51. The Labute approximate surface area is 128 Å². The molecule has 0 spiro atoms. The minimum absolute atomic E-state index is 0.299. The Morgan fingerprint density at radius 3 is 2.84 bits per heavy atom. The van der Waals surface area contributed by atoms with E-state index in [4.69, 9.17) is 9.72 Å². The molecule has 1 aliphatic heterocycles. The number of rotatable bonds is 5. The van der Waals surface area contributed by atoms with Gasteiger partial charge in [-0.3, -0.25) is 0 Å². The average molecular weight is 375 g/mol. The summed E-state index contributed by atoms with van der Waals surface area (Å²) in [6.07, 6.45) is 6.83. The van der Waals surface area contributed by atoms with Gasteiger partial charge in [-0.25, -0.2) is 9.97 Å². The first-order valence-electron chi connectivity index (χ1n) is 7.09. The smallest absolute Gasteiger partial charge is 0.143 e. The second-order valence-electron chi connectivity index (χ2n) is 4.94. The van der Waals surface area contributed by atoms with Crippen molar-refractivity contribution in [2.75, 3.05) is 19.0 Å². The van der Waals surface area contributed by atoms with Crippen molar-refractivity contribution in [3.05, 3.63) is 15.1 Å². The van der Waals surface area contributed by atoms with Crippen molar-refractivity contribution >= 4 is 28.4 Å². The summed E-state index contributed by atoms with van der Waals surface area (Å²) in [5.74, 6) is 1.87. The highest BCUT2D eigenvalue weighted by atomic mass is 127. The lowest BCUT2D eigenvalue weighted by Crippen LogP contribution is -2.23. The van der Waals surface area contributed by atoms with Gasteiger partial charge in [0.2, 0.25) is 0 Å². The molecule has 1 saturated heterocycles. The van der Waals surface area contributed by atoms with Gasteiger partial charge < -0.3 is 10.1 Å². The molecule has 1 aromatic heterocycles. The molecule has 0 radical (unpaired) electrons. The van der Waals surface area contributed by atoms with Crippen LogP contribution in [0.1, 0.15) is 44.1 Å². The molecule has 0 aromatic carbocycles. The summed E-state index contributed by atoms with van der Waals surface area (Å²) in [6, 6.07) is 0. The summed E-state index contributed by atoms with van der Waals surface area (Å²) in [5.41, 5.74) is 1.16. The van der Waals surface area contributed by atoms with Crippen LogP contribution in [0.15, 0.2) is 0 Å². The molecule has 2 heterocycles. The molecule has 1 unspecified atom stereocenters. The van der Waals surface area contributed by atoms with Crippen LogP contribution in [0, 0.1) is 3.57 Å². The lowest BCUT2D eigenvalue weighted by molar-refractivity contribution is 0.0156. The van der Waals surface area contributed by atoms with Crippen LogP contribution in [0.2, 0.25) is 0 Å². The molecule has 1 aliphatic rings. The molecule has 19 heavy (non-hydrogen) atoms. The number of ether oxygens (including phenoxy) is 1. The average Bonchev–Trinajstić information content (AvgIpc) is 2.43. The van der Waals surface area contributed by atoms with Crippen LogP contribution in [-0.2, 0) is 17.6 Å². The summed E-state index contributed by atoms with van der Waals surface area (Å²) < 4.78 is 6.93. The van der Waals surface area contributed by atoms with E-state index in [1.54, 1.807) is 0 Å². The zero-order valence-corrected chi connectivity index (χ0v) is 13.9. The van der Waals surface area contributed by atoms with E-state index in [9.17, 15) is 0 Å². The summed E-state index contributed by atoms with van der Waals surface area (Å²) in [6.45, 7) is 3.07. The highest BCUT2D eigenvalue weighted by Gasteiger charge is 2.18. The van der Waals surface area contributed by atoms with Crippen molar-refractivity contribution in [3.63, 3.8) is 0 Å². The van der Waals surface area contributed by atoms with Crippen LogP contribution in [-0.4, -0.2) is 29.7 Å². The van der Waals surface area contributed by atoms with Crippen LogP contribution in [0.3, 0.4) is 0 Å². The van der Waals surface area contributed by atoms with Crippen molar-refractivity contribution in [2.24, 2.45) is 0 Å². The quantitative estimate of drug-likeness (QED) is 0.804. The monoisotopic (exact) mass is 375 g/mol. The molecule has 0 saturated carbocycles. The van der Waals surface area contributed by atoms with Gasteiger partial charge in [-0.05, 0) is 48.3 Å². The van der Waals surface area contributed by atoms with Gasteiger partial charge in [-0.2, -0.15) is 0 Å². The van der Waals surface area contributed by atoms with E-state index in [0.717, 1.165) is 53.2 Å². The van der Waals surface area contributed by atoms with E-state index in [0.29, 0.717) is 6.10 Å². The molecule has 5 heteroatoms. The third-order valence-electron chi connectivity index (χ3n) is 3.37. The Bertz CT molecular complexity index is 419. The topological polar surface area (TPSA) is 47.0 Å². The molecular formula is C14H22IN3O. The van der Waals surface area contributed by atoms with Gasteiger partial charge in [-0.1, -0.05) is 13.3 Å². The van der Waals surface area contributed by atoms with Crippen molar-refractivity contribution in [1.29, 1.82) is 0 Å². The molecule has 1 fully saturated rings. The number of nitrogens with zero attached hydrogens (tertiary/aromatic N) is 2. The molecule has 2 rings (SSSR count). The van der Waals surface area contributed by atoms with Gasteiger partial charge in [0.15, 0.2) is 0 Å². The Morgan fingerprint density at radius 2 is 2.21 bits per heavy atom. The Kier molecular flexibility index (Phi) is 5.81. The predicted octanol–water partition coefficient (Wildman–Crippen LogP) is 3.19. The number of hydrogen-bond acceptors (Lipinski definition) is 4. The Balaban J connectivity index is 2.16. The minimum Gasteiger partial charge on any atom is -0.378 e. The molecule has 0 bridgehead atoms. The molecule has 0 aliphatic carbocycles. The molecule has 1 N–H and O–H groups in total. The van der Waals surface area contributed by atoms with Crippen molar-refractivity contribution in [2.45, 2.75) is 51.6 Å². The van der Waals surface area contributed by atoms with E-state index in [1.165, 1.54) is 12.8 Å². The maximum Gasteiger partial charge on any atom is 0.143 e. The highest BCUT2D eigenvalue weighted by Crippen LogP contribution is 2.22. The fourth-order valence-corrected chi connectivity index (χ4v) is 3.16. The fourth-order valence-electron chi connectivity index (χ4n) is 2.38. The summed E-state index contributed by atoms with van der Waals surface area (Å²) >= 11 is 2.33. The molecule has 1 atom stereocenters. The lowest BCUT2D eigenvalue weighted by atomic mass is 10.1. The van der Waals surface area contributed by atoms with E-state index < -0.39 is 0 Å². The Hall–Kier alpha value is -0.430. The zero-order valence-electron chi connectivity index (χ0n) is 11.7. The number of anilines is 1. The SMILES string of the molecule is CCCc1nc(CC2CCCCO2)nc(NC)c1I. The van der Waals surface area contributed by atoms with Gasteiger partial charge >= 0.3 is 0 Å². The lowest BCUT2D eigenvalue weighted by Gasteiger charge is -2.22. The number of hydrogen-bond donors (Lipinski definition) is 1. The molecule has 1 aromatic rings. The van der Waals surface area contributed by atoms with E-state index >= 15 is 0 Å². The van der Waals surface area contributed by atoms with Crippen LogP contribution in [0.4, 0.5) is 5.82 Å². The van der Waals surface area contributed by atoms with Gasteiger partial charge in [0.05, 0.1) is 15.4 Å². The maximum atomic E-state index is 5.78. The number of halogens is 1. The minimum atomic E-state index is 0.299. The van der Waals surface area contributed by atoms with Crippen molar-refractivity contribution in [1.82, 2.24) is 9.97 Å². The highest BCUT2D eigenvalue weighted by molar-refractivity contribution is 14.1. The first-order chi connectivity index (χ1) is 9.24. The van der Waals surface area contributed by atoms with E-state index in [-0.39, 0.29) is 0 Å². The molecule has 4 nitrogen and oxygen atoms in total. The van der Waals surface area contributed by atoms with E-state index in [2.05, 4.69) is 39.8 Å². The maximum absolute atomic E-state index is 5.78. The first kappa shape index (κ1) is 15.0. The van der Waals surface area contributed by atoms with Gasteiger partial charge in [-0.15, -0.1) is 0 Å².